The van der Waals surface area contributed by atoms with Gasteiger partial charge in [-0.15, -0.1) is 11.3 Å². The third-order valence-corrected chi connectivity index (χ3v) is 13.3. The van der Waals surface area contributed by atoms with Gasteiger partial charge in [-0.05, 0) is 68.9 Å². The quantitative estimate of drug-likeness (QED) is 0.173. The van der Waals surface area contributed by atoms with Crippen LogP contribution in [0.15, 0.2) is 41.9 Å². The second kappa shape index (κ2) is 24.2. The molecule has 66 heavy (non-hydrogen) atoms. The number of carbonyl (C=O) groups excluding carboxylic acids is 4. The van der Waals surface area contributed by atoms with E-state index in [1.807, 2.05) is 32.2 Å². The number of pyridine rings is 1. The number of amides is 4. The molecule has 0 spiro atoms. The minimum Gasteiger partial charge on any atom is -0.464 e. The first-order chi connectivity index (χ1) is 29.6. The molecule has 7 rings (SSSR count). The number of fused-ring (bicyclic) bond motifs is 6. The number of nitrogens with one attached hydrogen (secondary N) is 2. The molecule has 4 aromatic rings. The zero-order valence-electron chi connectivity index (χ0n) is 39.5. The number of carbonyl (C=O) groups is 4. The molecule has 4 atom stereocenters. The number of cyclic esters (lactones) is 1. The molecule has 1 aromatic carbocycles. The molecule has 6 bridgehead atoms. The first-order valence-corrected chi connectivity index (χ1v) is 22.7. The number of esters is 1. The van der Waals surface area contributed by atoms with Crippen LogP contribution in [0.25, 0.3) is 33.4 Å². The maximum Gasteiger partial charge on any atom is 0.324 e. The minimum atomic E-state index is -1.04. The summed E-state index contributed by atoms with van der Waals surface area (Å²) in [6.45, 7) is 15.0. The number of likely N-dealkylation sites (tertiary alicyclic amines) is 1. The second-order valence-corrected chi connectivity index (χ2v) is 19.0. The fourth-order valence-corrected chi connectivity index (χ4v) is 10.0. The van der Waals surface area contributed by atoms with Crippen LogP contribution in [0.4, 0.5) is 4.79 Å². The third kappa shape index (κ3) is 12.0. The Hall–Kier alpha value is -3.50. The number of hydrogen-bond donors (Lipinski definition) is 2. The zero-order valence-corrected chi connectivity index (χ0v) is 44.3. The molecule has 0 saturated carbocycles. The molecule has 15 nitrogen and oxygen atoms in total. The maximum atomic E-state index is 14.5. The van der Waals surface area contributed by atoms with Crippen molar-refractivity contribution >= 4 is 100 Å². The molecule has 366 valence electrons. The van der Waals surface area contributed by atoms with Crippen molar-refractivity contribution in [3.05, 3.63) is 58.2 Å². The monoisotopic (exact) mass is 1010 g/mol. The van der Waals surface area contributed by atoms with Crippen LogP contribution in [-0.4, -0.2) is 125 Å². The van der Waals surface area contributed by atoms with Gasteiger partial charge < -0.3 is 33.9 Å². The largest absolute Gasteiger partial charge is 0.464 e. The van der Waals surface area contributed by atoms with E-state index in [1.165, 1.54) is 21.2 Å². The van der Waals surface area contributed by atoms with Gasteiger partial charge >= 0.3 is 12.0 Å². The number of urea groups is 1. The number of ether oxygens (including phenoxy) is 3. The Balaban J connectivity index is 0.00000289. The molecule has 20 heteroatoms. The Kier molecular flexibility index (Phi) is 20.8. The van der Waals surface area contributed by atoms with E-state index in [-0.39, 0.29) is 91.0 Å². The number of hydrogen-bond acceptors (Lipinski definition) is 11. The molecule has 0 radical (unpaired) electrons. The van der Waals surface area contributed by atoms with E-state index < -0.39 is 41.3 Å². The smallest absolute Gasteiger partial charge is 0.324 e. The number of likely N-dealkylation sites (N-methyl/N-ethyl adjacent to an activating group) is 1. The first-order valence-electron chi connectivity index (χ1n) is 21.8. The normalized spacial score (nSPS) is 19.4. The Labute approximate surface area is 421 Å². The van der Waals surface area contributed by atoms with E-state index in [1.54, 1.807) is 32.4 Å². The summed E-state index contributed by atoms with van der Waals surface area (Å²) in [5, 5.41) is 8.18. The van der Waals surface area contributed by atoms with Crippen LogP contribution in [0.5, 0.6) is 0 Å². The molecule has 3 aromatic heterocycles. The van der Waals surface area contributed by atoms with Gasteiger partial charge in [0.2, 0.25) is 5.91 Å². The van der Waals surface area contributed by atoms with E-state index >= 15 is 0 Å². The SMILES string of the molecule is CCn1c(-c2cccnc2[C@H](C)OC)c2c3cc(ccc31)-c1csc(n1)C[C@H](NC(=O)[C@H](C(C)C)N(C)C(=O)N1CC(COC)C1)C(=O)N1CCC[C@H](N1)C(=O)OCC(C)(C)C2.S.S.S.S. The molecule has 3 aliphatic heterocycles. The number of aromatic nitrogens is 3. The van der Waals surface area contributed by atoms with Crippen molar-refractivity contribution in [3.8, 4) is 22.5 Å². The Morgan fingerprint density at radius 2 is 1.82 bits per heavy atom. The molecular weight excluding hydrogens is 937 g/mol. The highest BCUT2D eigenvalue weighted by atomic mass is 32.1. The van der Waals surface area contributed by atoms with Gasteiger partial charge in [-0.3, -0.25) is 24.4 Å². The summed E-state index contributed by atoms with van der Waals surface area (Å²) < 4.78 is 19.5. The summed E-state index contributed by atoms with van der Waals surface area (Å²) in [7, 11) is 4.96. The first kappa shape index (κ1) is 56.8. The standard InChI is InChI=1S/C46H62N8O7S.4H2S/c1-10-53-37-16-15-30-19-32(37)33(41(53)31-13-11-17-47-39(31)28(4)60-9)21-46(5,6)26-61-44(57)34-14-12-18-54(50-34)43(56)35(20-38-48-36(30)25-62-38)49-42(55)40(27(2)3)51(7)45(58)52-22-29(23-52)24-59-8;;;;/h11,13,15-17,19,25,27-29,34-35,40,50H,10,12,14,18,20-24,26H2,1-9H3,(H,49,55);4*1H2/t28-,34-,35-,40-;;;;/m0..../s1. The van der Waals surface area contributed by atoms with E-state index in [2.05, 4.69) is 60.3 Å². The fourth-order valence-electron chi connectivity index (χ4n) is 9.16. The fraction of sp³-hybridized carbons (Fsp3) is 0.565. The maximum absolute atomic E-state index is 14.5. The van der Waals surface area contributed by atoms with Crippen molar-refractivity contribution in [2.45, 2.75) is 98.0 Å². The van der Waals surface area contributed by atoms with Crippen LogP contribution < -0.4 is 10.7 Å². The number of benzene rings is 1. The average molecular weight is 1010 g/mol. The van der Waals surface area contributed by atoms with Crippen molar-refractivity contribution < 1.29 is 33.4 Å². The lowest BCUT2D eigenvalue weighted by Gasteiger charge is -2.43. The van der Waals surface area contributed by atoms with Gasteiger partial charge in [-0.1, -0.05) is 33.8 Å². The van der Waals surface area contributed by atoms with Gasteiger partial charge in [0.15, 0.2) is 0 Å². The molecular formula is C46H70N8O7S5. The number of methoxy groups -OCH3 is 2. The number of hydrazine groups is 1. The lowest BCUT2D eigenvalue weighted by Crippen LogP contribution is -2.63. The van der Waals surface area contributed by atoms with Crippen molar-refractivity contribution in [2.75, 3.05) is 54.1 Å². The molecule has 2 fully saturated rings. The number of rotatable bonds is 10. The summed E-state index contributed by atoms with van der Waals surface area (Å²) in [6, 6.07) is 7.54. The van der Waals surface area contributed by atoms with Crippen LogP contribution in [0.3, 0.4) is 0 Å². The summed E-state index contributed by atoms with van der Waals surface area (Å²) in [6.07, 6.45) is 3.29. The Morgan fingerprint density at radius 3 is 2.48 bits per heavy atom. The predicted molar refractivity (Wildman–Crippen MR) is 280 cm³/mol. The highest BCUT2D eigenvalue weighted by molar-refractivity contribution is 7.59. The summed E-state index contributed by atoms with van der Waals surface area (Å²) in [4.78, 5) is 69.3. The topological polar surface area (TPSA) is 160 Å². The Morgan fingerprint density at radius 1 is 1.09 bits per heavy atom. The van der Waals surface area contributed by atoms with Gasteiger partial charge in [0.25, 0.3) is 5.91 Å². The molecule has 3 aliphatic rings. The number of aryl methyl sites for hydroxylation is 1. The molecule has 0 unspecified atom stereocenters. The van der Waals surface area contributed by atoms with Gasteiger partial charge in [0.1, 0.15) is 18.1 Å². The molecule has 2 saturated heterocycles. The van der Waals surface area contributed by atoms with E-state index in [0.717, 1.165) is 44.7 Å². The van der Waals surface area contributed by atoms with Gasteiger partial charge in [0.05, 0.1) is 41.4 Å². The lowest BCUT2D eigenvalue weighted by molar-refractivity contribution is -0.155. The van der Waals surface area contributed by atoms with Crippen LogP contribution >= 0.6 is 65.3 Å². The summed E-state index contributed by atoms with van der Waals surface area (Å²) >= 11 is 1.42. The van der Waals surface area contributed by atoms with Crippen LogP contribution in [0, 0.1) is 17.3 Å². The predicted octanol–water partition coefficient (Wildman–Crippen LogP) is 6.31. The zero-order chi connectivity index (χ0) is 44.5. The third-order valence-electron chi connectivity index (χ3n) is 12.4. The lowest BCUT2D eigenvalue weighted by atomic mass is 9.84. The van der Waals surface area contributed by atoms with Crippen molar-refractivity contribution in [2.24, 2.45) is 17.3 Å². The highest BCUT2D eigenvalue weighted by Crippen LogP contribution is 2.42. The summed E-state index contributed by atoms with van der Waals surface area (Å²) in [5.74, 6) is -1.28. The second-order valence-electron chi connectivity index (χ2n) is 18.1. The molecule has 6 heterocycles. The van der Waals surface area contributed by atoms with Gasteiger partial charge in [-0.2, -0.15) is 54.0 Å². The van der Waals surface area contributed by atoms with Crippen LogP contribution in [-0.2, 0) is 48.0 Å². The summed E-state index contributed by atoms with van der Waals surface area (Å²) in [5.41, 5.74) is 9.37. The van der Waals surface area contributed by atoms with Gasteiger partial charge in [0, 0.05) is 98.8 Å². The van der Waals surface area contributed by atoms with Crippen molar-refractivity contribution in [3.63, 3.8) is 0 Å². The number of thiazole rings is 1. The van der Waals surface area contributed by atoms with E-state index in [4.69, 9.17) is 24.2 Å². The van der Waals surface area contributed by atoms with Crippen LogP contribution in [0.1, 0.15) is 76.8 Å². The van der Waals surface area contributed by atoms with Gasteiger partial charge in [-0.25, -0.2) is 15.2 Å². The van der Waals surface area contributed by atoms with E-state index in [9.17, 15) is 19.2 Å². The minimum absolute atomic E-state index is 0. The molecule has 4 amide bonds. The van der Waals surface area contributed by atoms with Crippen LogP contribution in [0.2, 0.25) is 0 Å². The highest BCUT2D eigenvalue weighted by Gasteiger charge is 2.40. The van der Waals surface area contributed by atoms with E-state index in [0.29, 0.717) is 57.1 Å². The Bertz CT molecular complexity index is 2300. The van der Waals surface area contributed by atoms with Crippen molar-refractivity contribution in [1.29, 1.82) is 0 Å². The average Bonchev–Trinajstić information content (AvgIpc) is 3.84. The van der Waals surface area contributed by atoms with Crippen molar-refractivity contribution in [1.82, 2.24) is 40.1 Å². The molecule has 2 N–H and O–H groups in total. The number of nitrogens with zero attached hydrogens (tertiary/aromatic N) is 6. The molecule has 0 aliphatic carbocycles.